The van der Waals surface area contributed by atoms with Gasteiger partial charge < -0.3 is 11.1 Å². The highest BCUT2D eigenvalue weighted by Crippen LogP contribution is 2.30. The molecule has 0 atom stereocenters. The van der Waals surface area contributed by atoms with E-state index >= 15 is 0 Å². The molecule has 0 unspecified atom stereocenters. The highest BCUT2D eigenvalue weighted by Gasteiger charge is 2.37. The maximum atomic E-state index is 10.4. The Labute approximate surface area is 54.6 Å². The summed E-state index contributed by atoms with van der Waals surface area (Å²) in [5.74, 6) is 0.00623. The van der Waals surface area contributed by atoms with Crippen molar-refractivity contribution in [3.8, 4) is 0 Å². The minimum absolute atomic E-state index is 0.00623. The van der Waals surface area contributed by atoms with E-state index in [9.17, 15) is 4.79 Å². The third-order valence-electron chi connectivity index (χ3n) is 1.58. The fraction of sp³-hybridized carbons (Fsp3) is 0.833. The van der Waals surface area contributed by atoms with Crippen molar-refractivity contribution in [3.63, 3.8) is 0 Å². The zero-order valence-electron chi connectivity index (χ0n) is 5.61. The topological polar surface area (TPSA) is 55.1 Å². The van der Waals surface area contributed by atoms with Gasteiger partial charge in [-0.2, -0.15) is 0 Å². The van der Waals surface area contributed by atoms with Gasteiger partial charge in [0.05, 0.1) is 0 Å². The van der Waals surface area contributed by atoms with Gasteiger partial charge in [0.15, 0.2) is 0 Å². The second-order valence-electron chi connectivity index (χ2n) is 2.77. The molecular formula is C6H12N2O. The molecule has 0 radical (unpaired) electrons. The highest BCUT2D eigenvalue weighted by atomic mass is 16.1. The first-order chi connectivity index (χ1) is 4.12. The summed E-state index contributed by atoms with van der Waals surface area (Å²) in [6.45, 7) is 2.15. The zero-order valence-corrected chi connectivity index (χ0v) is 5.61. The predicted octanol–water partition coefficient (Wildman–Crippen LogP) is -0.386. The van der Waals surface area contributed by atoms with Crippen LogP contribution in [0.1, 0.15) is 19.8 Å². The molecule has 1 rings (SSSR count). The van der Waals surface area contributed by atoms with Crippen LogP contribution in [0, 0.1) is 0 Å². The van der Waals surface area contributed by atoms with Gasteiger partial charge in [-0.05, 0) is 12.8 Å². The summed E-state index contributed by atoms with van der Waals surface area (Å²) in [5, 5.41) is 2.68. The minimum Gasteiger partial charge on any atom is -0.355 e. The van der Waals surface area contributed by atoms with Crippen molar-refractivity contribution in [3.05, 3.63) is 0 Å². The van der Waals surface area contributed by atoms with Crippen LogP contribution in [-0.2, 0) is 4.79 Å². The summed E-state index contributed by atoms with van der Waals surface area (Å²) >= 11 is 0. The Hall–Kier alpha value is -0.570. The number of rotatable bonds is 2. The van der Waals surface area contributed by atoms with Crippen LogP contribution in [0.4, 0.5) is 0 Å². The van der Waals surface area contributed by atoms with Crippen molar-refractivity contribution in [2.45, 2.75) is 25.3 Å². The maximum Gasteiger partial charge on any atom is 0.216 e. The number of hydrogen-bond acceptors (Lipinski definition) is 2. The van der Waals surface area contributed by atoms with E-state index < -0.39 is 0 Å². The number of amides is 1. The van der Waals surface area contributed by atoms with Crippen LogP contribution in [0.5, 0.6) is 0 Å². The van der Waals surface area contributed by atoms with Gasteiger partial charge in [0.2, 0.25) is 5.91 Å². The molecular weight excluding hydrogens is 116 g/mol. The Morgan fingerprint density at radius 3 is 2.67 bits per heavy atom. The van der Waals surface area contributed by atoms with Gasteiger partial charge in [0.25, 0.3) is 0 Å². The lowest BCUT2D eigenvalue weighted by Gasteiger charge is -2.07. The van der Waals surface area contributed by atoms with Gasteiger partial charge >= 0.3 is 0 Å². The Morgan fingerprint density at radius 2 is 2.33 bits per heavy atom. The third kappa shape index (κ3) is 2.01. The van der Waals surface area contributed by atoms with Crippen LogP contribution in [0.3, 0.4) is 0 Å². The Bertz CT molecular complexity index is 129. The van der Waals surface area contributed by atoms with E-state index in [-0.39, 0.29) is 11.4 Å². The lowest BCUT2D eigenvalue weighted by molar-refractivity contribution is -0.119. The van der Waals surface area contributed by atoms with Crippen molar-refractivity contribution in [1.82, 2.24) is 5.32 Å². The van der Waals surface area contributed by atoms with Gasteiger partial charge in [0, 0.05) is 19.0 Å². The first-order valence-corrected chi connectivity index (χ1v) is 3.16. The molecule has 0 heterocycles. The molecule has 0 spiro atoms. The SMILES string of the molecule is CC(=O)NCC1(N)CC1. The van der Waals surface area contributed by atoms with Gasteiger partial charge in [-0.15, -0.1) is 0 Å². The van der Waals surface area contributed by atoms with Crippen LogP contribution in [0.2, 0.25) is 0 Å². The summed E-state index contributed by atoms with van der Waals surface area (Å²) in [6, 6.07) is 0. The molecule has 0 aromatic heterocycles. The summed E-state index contributed by atoms with van der Waals surface area (Å²) in [5.41, 5.74) is 5.63. The van der Waals surface area contributed by atoms with E-state index in [1.807, 2.05) is 0 Å². The first-order valence-electron chi connectivity index (χ1n) is 3.16. The van der Waals surface area contributed by atoms with E-state index in [1.54, 1.807) is 0 Å². The van der Waals surface area contributed by atoms with Gasteiger partial charge in [-0.3, -0.25) is 4.79 Å². The molecule has 0 aromatic carbocycles. The monoisotopic (exact) mass is 128 g/mol. The van der Waals surface area contributed by atoms with Crippen molar-refractivity contribution in [2.75, 3.05) is 6.54 Å². The summed E-state index contributed by atoms with van der Waals surface area (Å²) in [7, 11) is 0. The lowest BCUT2D eigenvalue weighted by atomic mass is 10.3. The van der Waals surface area contributed by atoms with E-state index in [0.717, 1.165) is 12.8 Å². The zero-order chi connectivity index (χ0) is 6.91. The second kappa shape index (κ2) is 1.99. The van der Waals surface area contributed by atoms with E-state index in [2.05, 4.69) is 5.32 Å². The third-order valence-corrected chi connectivity index (χ3v) is 1.58. The van der Waals surface area contributed by atoms with Gasteiger partial charge in [-0.1, -0.05) is 0 Å². The number of nitrogens with two attached hydrogens (primary N) is 1. The Kier molecular flexibility index (Phi) is 1.45. The van der Waals surface area contributed by atoms with Crippen LogP contribution < -0.4 is 11.1 Å². The molecule has 0 bridgehead atoms. The van der Waals surface area contributed by atoms with Crippen LogP contribution >= 0.6 is 0 Å². The molecule has 3 nitrogen and oxygen atoms in total. The fourth-order valence-electron chi connectivity index (χ4n) is 0.638. The number of hydrogen-bond donors (Lipinski definition) is 2. The quantitative estimate of drug-likeness (QED) is 0.532. The van der Waals surface area contributed by atoms with Crippen molar-refractivity contribution in [1.29, 1.82) is 0 Å². The molecule has 1 saturated carbocycles. The molecule has 1 aliphatic carbocycles. The summed E-state index contributed by atoms with van der Waals surface area (Å²) in [6.07, 6.45) is 2.10. The maximum absolute atomic E-state index is 10.4. The number of carbonyl (C=O) groups excluding carboxylic acids is 1. The fourth-order valence-corrected chi connectivity index (χ4v) is 0.638. The van der Waals surface area contributed by atoms with Gasteiger partial charge in [-0.25, -0.2) is 0 Å². The molecule has 0 saturated heterocycles. The Morgan fingerprint density at radius 1 is 1.78 bits per heavy atom. The highest BCUT2D eigenvalue weighted by molar-refractivity contribution is 5.72. The normalized spacial score (nSPS) is 21.1. The van der Waals surface area contributed by atoms with Gasteiger partial charge in [0.1, 0.15) is 0 Å². The van der Waals surface area contributed by atoms with E-state index in [4.69, 9.17) is 5.73 Å². The molecule has 1 fully saturated rings. The number of nitrogens with one attached hydrogen (secondary N) is 1. The average molecular weight is 128 g/mol. The predicted molar refractivity (Wildman–Crippen MR) is 34.8 cm³/mol. The van der Waals surface area contributed by atoms with Crippen molar-refractivity contribution < 1.29 is 4.79 Å². The molecule has 52 valence electrons. The van der Waals surface area contributed by atoms with Crippen molar-refractivity contribution in [2.24, 2.45) is 5.73 Å². The Balaban J connectivity index is 2.12. The standard InChI is InChI=1S/C6H12N2O/c1-5(9)8-4-6(7)2-3-6/h2-4,7H2,1H3,(H,8,9). The molecule has 9 heavy (non-hydrogen) atoms. The largest absolute Gasteiger partial charge is 0.355 e. The number of carbonyl (C=O) groups is 1. The van der Waals surface area contributed by atoms with E-state index in [1.165, 1.54) is 6.92 Å². The molecule has 1 aliphatic rings. The smallest absolute Gasteiger partial charge is 0.216 e. The molecule has 0 aromatic rings. The molecule has 1 amide bonds. The average Bonchev–Trinajstić information content (AvgIpc) is 2.45. The van der Waals surface area contributed by atoms with Crippen LogP contribution in [-0.4, -0.2) is 18.0 Å². The summed E-state index contributed by atoms with van der Waals surface area (Å²) in [4.78, 5) is 10.4. The molecule has 0 aliphatic heterocycles. The second-order valence-corrected chi connectivity index (χ2v) is 2.77. The summed E-state index contributed by atoms with van der Waals surface area (Å²) < 4.78 is 0. The minimum atomic E-state index is -0.0499. The van der Waals surface area contributed by atoms with Crippen LogP contribution in [0.15, 0.2) is 0 Å². The molecule has 3 N–H and O–H groups in total. The first kappa shape index (κ1) is 6.55. The van der Waals surface area contributed by atoms with E-state index in [0.29, 0.717) is 6.54 Å². The molecule has 3 heteroatoms. The lowest BCUT2D eigenvalue weighted by Crippen LogP contribution is -2.37. The van der Waals surface area contributed by atoms with Crippen LogP contribution in [0.25, 0.3) is 0 Å². The van der Waals surface area contributed by atoms with Crippen molar-refractivity contribution >= 4 is 5.91 Å².